The molecular weight excluding hydrogens is 463 g/mol. The number of amides is 1. The normalized spacial score (nSPS) is 10.6. The van der Waals surface area contributed by atoms with E-state index in [4.69, 9.17) is 4.74 Å². The third-order valence-corrected chi connectivity index (χ3v) is 6.57. The third kappa shape index (κ3) is 7.80. The SMILES string of the molecule is CCCCOC(=O)c1ccc(NC(=O)Cc2csc(SCC(=O)c3ccc(F)cc3)n2)cc1. The number of carbonyl (C=O) groups is 3. The summed E-state index contributed by atoms with van der Waals surface area (Å²) in [6, 6.07) is 11.9. The minimum Gasteiger partial charge on any atom is -0.462 e. The molecule has 6 nitrogen and oxygen atoms in total. The quantitative estimate of drug-likeness (QED) is 0.169. The summed E-state index contributed by atoms with van der Waals surface area (Å²) in [6.45, 7) is 2.41. The van der Waals surface area contributed by atoms with Gasteiger partial charge in [0.05, 0.1) is 30.0 Å². The van der Waals surface area contributed by atoms with Crippen LogP contribution < -0.4 is 5.32 Å². The van der Waals surface area contributed by atoms with Crippen LogP contribution in [-0.2, 0) is 16.0 Å². The van der Waals surface area contributed by atoms with Crippen molar-refractivity contribution >= 4 is 46.4 Å². The molecule has 0 atom stereocenters. The average Bonchev–Trinajstić information content (AvgIpc) is 3.25. The molecule has 0 spiro atoms. The van der Waals surface area contributed by atoms with Crippen molar-refractivity contribution in [2.24, 2.45) is 0 Å². The van der Waals surface area contributed by atoms with E-state index in [0.717, 1.165) is 12.8 Å². The number of unbranched alkanes of at least 4 members (excludes halogenated alkanes) is 1. The molecule has 0 radical (unpaired) electrons. The van der Waals surface area contributed by atoms with Gasteiger partial charge >= 0.3 is 5.97 Å². The average molecular weight is 487 g/mol. The molecule has 9 heteroatoms. The number of Topliss-reactive ketones (excluding diaryl/α,β-unsaturated/α-hetero) is 1. The number of rotatable bonds is 11. The molecule has 33 heavy (non-hydrogen) atoms. The second-order valence-corrected chi connectivity index (χ2v) is 9.20. The van der Waals surface area contributed by atoms with Gasteiger partial charge < -0.3 is 10.1 Å². The van der Waals surface area contributed by atoms with E-state index >= 15 is 0 Å². The van der Waals surface area contributed by atoms with Crippen LogP contribution in [-0.4, -0.2) is 35.0 Å². The number of aromatic nitrogens is 1. The van der Waals surface area contributed by atoms with Gasteiger partial charge in [-0.05, 0) is 55.0 Å². The highest BCUT2D eigenvalue weighted by Crippen LogP contribution is 2.24. The Bertz CT molecular complexity index is 1100. The number of hydrogen-bond donors (Lipinski definition) is 1. The largest absolute Gasteiger partial charge is 0.462 e. The minimum atomic E-state index is -0.386. The fraction of sp³-hybridized carbons (Fsp3) is 0.250. The Morgan fingerprint density at radius 2 is 1.76 bits per heavy atom. The van der Waals surface area contributed by atoms with Crippen molar-refractivity contribution < 1.29 is 23.5 Å². The van der Waals surface area contributed by atoms with E-state index in [1.54, 1.807) is 29.6 Å². The predicted octanol–water partition coefficient (Wildman–Crippen LogP) is 5.40. The lowest BCUT2D eigenvalue weighted by Gasteiger charge is -2.06. The molecule has 172 valence electrons. The van der Waals surface area contributed by atoms with Crippen LogP contribution in [0.5, 0.6) is 0 Å². The number of nitrogens with zero attached hydrogens (tertiary/aromatic N) is 1. The van der Waals surface area contributed by atoms with Crippen LogP contribution in [0.2, 0.25) is 0 Å². The minimum absolute atomic E-state index is 0.0871. The van der Waals surface area contributed by atoms with Crippen molar-refractivity contribution in [3.8, 4) is 0 Å². The highest BCUT2D eigenvalue weighted by molar-refractivity contribution is 8.01. The van der Waals surface area contributed by atoms with E-state index in [0.29, 0.717) is 33.5 Å². The Labute approximate surface area is 199 Å². The van der Waals surface area contributed by atoms with Crippen LogP contribution in [0.1, 0.15) is 46.2 Å². The Kier molecular flexibility index (Phi) is 9.14. The van der Waals surface area contributed by atoms with Gasteiger partial charge in [0.15, 0.2) is 10.1 Å². The van der Waals surface area contributed by atoms with Gasteiger partial charge in [-0.3, -0.25) is 9.59 Å². The molecule has 0 aliphatic carbocycles. The maximum Gasteiger partial charge on any atom is 0.338 e. The van der Waals surface area contributed by atoms with E-state index in [1.807, 2.05) is 6.92 Å². The standard InChI is InChI=1S/C24H23FN2O4S2/c1-2-3-12-31-23(30)17-6-10-19(11-7-17)26-22(29)13-20-14-32-24(27-20)33-15-21(28)16-4-8-18(25)9-5-16/h4-11,14H,2-3,12-13,15H2,1H3,(H,26,29). The fourth-order valence-corrected chi connectivity index (χ4v) is 4.47. The molecule has 2 aromatic carbocycles. The fourth-order valence-electron chi connectivity index (χ4n) is 2.73. The van der Waals surface area contributed by atoms with Crippen LogP contribution >= 0.6 is 23.1 Å². The van der Waals surface area contributed by atoms with Crippen molar-refractivity contribution in [3.63, 3.8) is 0 Å². The summed E-state index contributed by atoms with van der Waals surface area (Å²) in [5.41, 5.74) is 2.05. The number of nitrogens with one attached hydrogen (secondary N) is 1. The van der Waals surface area contributed by atoms with Gasteiger partial charge in [-0.1, -0.05) is 25.1 Å². The van der Waals surface area contributed by atoms with Gasteiger partial charge in [-0.15, -0.1) is 11.3 Å². The molecule has 1 heterocycles. The van der Waals surface area contributed by atoms with Crippen LogP contribution in [0.25, 0.3) is 0 Å². The first-order valence-electron chi connectivity index (χ1n) is 10.4. The van der Waals surface area contributed by atoms with Crippen molar-refractivity contribution in [2.45, 2.75) is 30.5 Å². The molecule has 0 bridgehead atoms. The molecule has 1 N–H and O–H groups in total. The zero-order chi connectivity index (χ0) is 23.6. The lowest BCUT2D eigenvalue weighted by molar-refractivity contribution is -0.115. The zero-order valence-electron chi connectivity index (χ0n) is 18.0. The van der Waals surface area contributed by atoms with Gasteiger partial charge in [-0.2, -0.15) is 0 Å². The highest BCUT2D eigenvalue weighted by Gasteiger charge is 2.12. The molecule has 3 aromatic rings. The van der Waals surface area contributed by atoms with Gasteiger partial charge in [0.2, 0.25) is 5.91 Å². The van der Waals surface area contributed by atoms with Crippen molar-refractivity contribution in [1.82, 2.24) is 4.98 Å². The van der Waals surface area contributed by atoms with E-state index in [9.17, 15) is 18.8 Å². The summed E-state index contributed by atoms with van der Waals surface area (Å²) in [4.78, 5) is 40.8. The molecule has 0 saturated carbocycles. The summed E-state index contributed by atoms with van der Waals surface area (Å²) in [5, 5.41) is 4.55. The third-order valence-electron chi connectivity index (χ3n) is 4.50. The first kappa shape index (κ1) is 24.6. The van der Waals surface area contributed by atoms with Crippen molar-refractivity contribution in [2.75, 3.05) is 17.7 Å². The van der Waals surface area contributed by atoms with Gasteiger partial charge in [0, 0.05) is 16.6 Å². The number of carbonyl (C=O) groups excluding carboxylic acids is 3. The summed E-state index contributed by atoms with van der Waals surface area (Å²) in [5.74, 6) is -0.947. The lowest BCUT2D eigenvalue weighted by Crippen LogP contribution is -2.14. The molecular formula is C24H23FN2O4S2. The summed E-state index contributed by atoms with van der Waals surface area (Å²) in [7, 11) is 0. The second-order valence-electron chi connectivity index (χ2n) is 7.12. The summed E-state index contributed by atoms with van der Waals surface area (Å²) in [6.07, 6.45) is 1.86. The first-order chi connectivity index (χ1) is 15.9. The van der Waals surface area contributed by atoms with Crippen LogP contribution in [0.4, 0.5) is 10.1 Å². The van der Waals surface area contributed by atoms with E-state index in [2.05, 4.69) is 10.3 Å². The number of benzene rings is 2. The Hall–Kier alpha value is -3.04. The lowest BCUT2D eigenvalue weighted by atomic mass is 10.1. The van der Waals surface area contributed by atoms with E-state index in [-0.39, 0.29) is 35.7 Å². The zero-order valence-corrected chi connectivity index (χ0v) is 19.6. The summed E-state index contributed by atoms with van der Waals surface area (Å²) < 4.78 is 18.8. The van der Waals surface area contributed by atoms with E-state index < -0.39 is 0 Å². The van der Waals surface area contributed by atoms with Crippen molar-refractivity contribution in [3.05, 3.63) is 76.5 Å². The van der Waals surface area contributed by atoms with E-state index in [1.165, 1.54) is 47.4 Å². The number of ether oxygens (including phenoxy) is 1. The maximum absolute atomic E-state index is 13.0. The van der Waals surface area contributed by atoms with Gasteiger partial charge in [0.25, 0.3) is 0 Å². The monoisotopic (exact) mass is 486 g/mol. The number of esters is 1. The number of anilines is 1. The maximum atomic E-state index is 13.0. The van der Waals surface area contributed by atoms with Crippen LogP contribution in [0, 0.1) is 5.82 Å². The molecule has 0 aliphatic rings. The molecule has 0 aliphatic heterocycles. The Balaban J connectivity index is 1.46. The smallest absolute Gasteiger partial charge is 0.338 e. The van der Waals surface area contributed by atoms with Gasteiger partial charge in [0.1, 0.15) is 5.82 Å². The second kappa shape index (κ2) is 12.3. The highest BCUT2D eigenvalue weighted by atomic mass is 32.2. The van der Waals surface area contributed by atoms with Crippen LogP contribution in [0.3, 0.4) is 0 Å². The predicted molar refractivity (Wildman–Crippen MR) is 128 cm³/mol. The Morgan fingerprint density at radius 3 is 2.45 bits per heavy atom. The number of halogens is 1. The number of thiazole rings is 1. The molecule has 1 aromatic heterocycles. The topological polar surface area (TPSA) is 85.4 Å². The number of thioether (sulfide) groups is 1. The number of ketones is 1. The van der Waals surface area contributed by atoms with Crippen molar-refractivity contribution in [1.29, 1.82) is 0 Å². The number of hydrogen-bond acceptors (Lipinski definition) is 7. The summed E-state index contributed by atoms with van der Waals surface area (Å²) >= 11 is 2.64. The van der Waals surface area contributed by atoms with Crippen LogP contribution in [0.15, 0.2) is 58.3 Å². The Morgan fingerprint density at radius 1 is 1.06 bits per heavy atom. The first-order valence-corrected chi connectivity index (χ1v) is 12.2. The van der Waals surface area contributed by atoms with Gasteiger partial charge in [-0.25, -0.2) is 14.2 Å². The molecule has 1 amide bonds. The molecule has 3 rings (SSSR count). The molecule has 0 saturated heterocycles. The molecule has 0 fully saturated rings. The molecule has 0 unspecified atom stereocenters.